The standard InChI is InChI=1S/C23H29N3O2/c1-3-20-6-4-5-7-21(20)24-22(27)17-25-12-14-26(15-13-25)23(28)16-19-10-8-18(2)9-11-19/h4-11H,3,12-17H2,1-2H3,(H,24,27)/p+1. The van der Waals surface area contributed by atoms with Crippen LogP contribution in [0.1, 0.15) is 23.6 Å². The average Bonchev–Trinajstić information content (AvgIpc) is 2.70. The van der Waals surface area contributed by atoms with E-state index in [-0.39, 0.29) is 11.8 Å². The van der Waals surface area contributed by atoms with Crippen LogP contribution in [0.4, 0.5) is 5.69 Å². The summed E-state index contributed by atoms with van der Waals surface area (Å²) in [4.78, 5) is 28.1. The summed E-state index contributed by atoms with van der Waals surface area (Å²) in [5.74, 6) is 0.208. The van der Waals surface area contributed by atoms with Gasteiger partial charge in [-0.05, 0) is 30.5 Å². The van der Waals surface area contributed by atoms with Crippen molar-refractivity contribution in [3.8, 4) is 0 Å². The Kier molecular flexibility index (Phi) is 6.82. The second kappa shape index (κ2) is 9.51. The molecule has 0 spiro atoms. The topological polar surface area (TPSA) is 53.9 Å². The van der Waals surface area contributed by atoms with Crippen molar-refractivity contribution in [2.75, 3.05) is 38.0 Å². The van der Waals surface area contributed by atoms with E-state index in [1.807, 2.05) is 60.4 Å². The van der Waals surface area contributed by atoms with Crippen LogP contribution in [0, 0.1) is 6.92 Å². The molecule has 0 saturated carbocycles. The number of rotatable bonds is 6. The molecule has 0 bridgehead atoms. The van der Waals surface area contributed by atoms with Crippen LogP contribution < -0.4 is 10.2 Å². The number of nitrogens with one attached hydrogen (secondary N) is 2. The molecule has 1 heterocycles. The van der Waals surface area contributed by atoms with Gasteiger partial charge in [-0.15, -0.1) is 0 Å². The first-order valence-electron chi connectivity index (χ1n) is 10.1. The molecule has 3 rings (SSSR count). The van der Waals surface area contributed by atoms with E-state index < -0.39 is 0 Å². The highest BCUT2D eigenvalue weighted by Gasteiger charge is 2.25. The van der Waals surface area contributed by atoms with Gasteiger partial charge in [0.2, 0.25) is 5.91 Å². The van der Waals surface area contributed by atoms with Crippen molar-refractivity contribution in [1.82, 2.24) is 4.90 Å². The van der Waals surface area contributed by atoms with Gasteiger partial charge in [0.1, 0.15) is 0 Å². The number of piperazine rings is 1. The van der Waals surface area contributed by atoms with Gasteiger partial charge in [0.05, 0.1) is 32.6 Å². The Morgan fingerprint density at radius 1 is 1.04 bits per heavy atom. The lowest BCUT2D eigenvalue weighted by atomic mass is 10.1. The molecule has 0 aromatic heterocycles. The van der Waals surface area contributed by atoms with Crippen molar-refractivity contribution in [3.63, 3.8) is 0 Å². The van der Waals surface area contributed by atoms with E-state index in [1.165, 1.54) is 10.5 Å². The minimum atomic E-state index is 0.0373. The van der Waals surface area contributed by atoms with Gasteiger partial charge in [0.15, 0.2) is 6.54 Å². The zero-order chi connectivity index (χ0) is 19.9. The zero-order valence-corrected chi connectivity index (χ0v) is 16.8. The summed E-state index contributed by atoms with van der Waals surface area (Å²) < 4.78 is 0. The van der Waals surface area contributed by atoms with Gasteiger partial charge < -0.3 is 15.1 Å². The molecule has 28 heavy (non-hydrogen) atoms. The fourth-order valence-electron chi connectivity index (χ4n) is 3.61. The van der Waals surface area contributed by atoms with Crippen LogP contribution in [0.25, 0.3) is 0 Å². The highest BCUT2D eigenvalue weighted by molar-refractivity contribution is 5.92. The van der Waals surface area contributed by atoms with Crippen molar-refractivity contribution in [2.24, 2.45) is 0 Å². The molecule has 2 N–H and O–H groups in total. The monoisotopic (exact) mass is 380 g/mol. The molecule has 5 heteroatoms. The molecule has 0 unspecified atom stereocenters. The van der Waals surface area contributed by atoms with Crippen molar-refractivity contribution in [3.05, 3.63) is 65.2 Å². The van der Waals surface area contributed by atoms with Crippen molar-refractivity contribution in [1.29, 1.82) is 0 Å². The van der Waals surface area contributed by atoms with Crippen molar-refractivity contribution >= 4 is 17.5 Å². The van der Waals surface area contributed by atoms with E-state index >= 15 is 0 Å². The second-order valence-electron chi connectivity index (χ2n) is 7.53. The van der Waals surface area contributed by atoms with Crippen LogP contribution >= 0.6 is 0 Å². The number of hydrogen-bond acceptors (Lipinski definition) is 2. The molecular formula is C23H30N3O2+. The molecule has 5 nitrogen and oxygen atoms in total. The minimum absolute atomic E-state index is 0.0373. The molecule has 1 aliphatic rings. The van der Waals surface area contributed by atoms with Crippen LogP contribution in [0.3, 0.4) is 0 Å². The van der Waals surface area contributed by atoms with Gasteiger partial charge in [-0.2, -0.15) is 0 Å². The van der Waals surface area contributed by atoms with Gasteiger partial charge in [0, 0.05) is 5.69 Å². The van der Waals surface area contributed by atoms with E-state index in [4.69, 9.17) is 0 Å². The van der Waals surface area contributed by atoms with E-state index in [1.54, 1.807) is 0 Å². The molecule has 0 aliphatic carbocycles. The Morgan fingerprint density at radius 3 is 2.39 bits per heavy atom. The maximum atomic E-state index is 12.5. The number of hydrogen-bond donors (Lipinski definition) is 2. The van der Waals surface area contributed by atoms with Crippen LogP contribution in [0.2, 0.25) is 0 Å². The molecular weight excluding hydrogens is 350 g/mol. The first-order chi connectivity index (χ1) is 13.5. The molecule has 148 valence electrons. The Labute approximate surface area is 167 Å². The summed E-state index contributed by atoms with van der Waals surface area (Å²) >= 11 is 0. The number of amides is 2. The number of carbonyl (C=O) groups excluding carboxylic acids is 2. The summed E-state index contributed by atoms with van der Waals surface area (Å²) in [6.45, 7) is 7.61. The van der Waals surface area contributed by atoms with Crippen LogP contribution in [0.15, 0.2) is 48.5 Å². The van der Waals surface area contributed by atoms with E-state index in [0.717, 1.165) is 36.3 Å². The fraction of sp³-hybridized carbons (Fsp3) is 0.391. The Bertz CT molecular complexity index is 809. The van der Waals surface area contributed by atoms with Gasteiger partial charge in [-0.25, -0.2) is 0 Å². The lowest BCUT2D eigenvalue weighted by Gasteiger charge is -2.32. The predicted octanol–water partition coefficient (Wildman–Crippen LogP) is 1.47. The summed E-state index contributed by atoms with van der Waals surface area (Å²) in [7, 11) is 0. The first kappa shape index (κ1) is 20.1. The number of nitrogens with zero attached hydrogens (tertiary/aromatic N) is 1. The molecule has 2 aromatic rings. The van der Waals surface area contributed by atoms with Crippen molar-refractivity contribution in [2.45, 2.75) is 26.7 Å². The molecule has 0 atom stereocenters. The maximum Gasteiger partial charge on any atom is 0.279 e. The number of para-hydroxylation sites is 1. The average molecular weight is 381 g/mol. The lowest BCUT2D eigenvalue weighted by molar-refractivity contribution is -0.895. The third kappa shape index (κ3) is 5.42. The smallest absolute Gasteiger partial charge is 0.279 e. The van der Waals surface area contributed by atoms with E-state index in [2.05, 4.69) is 12.2 Å². The molecule has 0 radical (unpaired) electrons. The fourth-order valence-corrected chi connectivity index (χ4v) is 3.61. The molecule has 2 aromatic carbocycles. The third-order valence-corrected chi connectivity index (χ3v) is 5.38. The first-order valence-corrected chi connectivity index (χ1v) is 10.1. The maximum absolute atomic E-state index is 12.5. The van der Waals surface area contributed by atoms with Crippen molar-refractivity contribution < 1.29 is 14.5 Å². The van der Waals surface area contributed by atoms with Gasteiger partial charge in [-0.3, -0.25) is 9.59 Å². The molecule has 2 amide bonds. The third-order valence-electron chi connectivity index (χ3n) is 5.38. The number of anilines is 1. The number of aryl methyl sites for hydroxylation is 2. The van der Waals surface area contributed by atoms with E-state index in [0.29, 0.717) is 26.1 Å². The number of quaternary nitrogens is 1. The summed E-state index contributed by atoms with van der Waals surface area (Å²) in [6.07, 6.45) is 1.34. The normalized spacial score (nSPS) is 14.7. The largest absolute Gasteiger partial charge is 0.331 e. The highest BCUT2D eigenvalue weighted by atomic mass is 16.2. The Morgan fingerprint density at radius 2 is 1.71 bits per heavy atom. The number of carbonyl (C=O) groups is 2. The van der Waals surface area contributed by atoms with Crippen LogP contribution in [-0.4, -0.2) is 49.4 Å². The lowest BCUT2D eigenvalue weighted by Crippen LogP contribution is -3.15. The van der Waals surface area contributed by atoms with Crippen LogP contribution in [-0.2, 0) is 22.4 Å². The van der Waals surface area contributed by atoms with Crippen LogP contribution in [0.5, 0.6) is 0 Å². The SMILES string of the molecule is CCc1ccccc1NC(=O)C[NH+]1CCN(C(=O)Cc2ccc(C)cc2)CC1. The van der Waals surface area contributed by atoms with Gasteiger partial charge in [0.25, 0.3) is 5.91 Å². The summed E-state index contributed by atoms with van der Waals surface area (Å²) in [5.41, 5.74) is 4.31. The minimum Gasteiger partial charge on any atom is -0.331 e. The summed E-state index contributed by atoms with van der Waals surface area (Å²) in [5, 5.41) is 3.04. The van der Waals surface area contributed by atoms with E-state index in [9.17, 15) is 9.59 Å². The van der Waals surface area contributed by atoms with Gasteiger partial charge in [-0.1, -0.05) is 55.0 Å². The molecule has 1 fully saturated rings. The van der Waals surface area contributed by atoms with Gasteiger partial charge >= 0.3 is 0 Å². The summed E-state index contributed by atoms with van der Waals surface area (Å²) in [6, 6.07) is 16.1. The second-order valence-corrected chi connectivity index (χ2v) is 7.53. The molecule has 1 aliphatic heterocycles. The quantitative estimate of drug-likeness (QED) is 0.797. The predicted molar refractivity (Wildman–Crippen MR) is 111 cm³/mol. The Balaban J connectivity index is 1.45. The number of benzene rings is 2. The zero-order valence-electron chi connectivity index (χ0n) is 16.8. The highest BCUT2D eigenvalue weighted by Crippen LogP contribution is 2.14. The Hall–Kier alpha value is -2.66. The molecule has 1 saturated heterocycles.